The van der Waals surface area contributed by atoms with Gasteiger partial charge < -0.3 is 15.0 Å². The van der Waals surface area contributed by atoms with Crippen LogP contribution in [-0.4, -0.2) is 75.0 Å². The Kier molecular flexibility index (Phi) is 5.00. The van der Waals surface area contributed by atoms with E-state index in [4.69, 9.17) is 4.74 Å². The van der Waals surface area contributed by atoms with Crippen LogP contribution >= 0.6 is 0 Å². The van der Waals surface area contributed by atoms with E-state index in [-0.39, 0.29) is 22.9 Å². The van der Waals surface area contributed by atoms with Gasteiger partial charge in [0.05, 0.1) is 18.1 Å². The zero-order valence-corrected chi connectivity index (χ0v) is 15.6. The lowest BCUT2D eigenvalue weighted by atomic mass is 10.1. The first-order valence-corrected chi connectivity index (χ1v) is 10.7. The molecule has 26 heavy (non-hydrogen) atoms. The van der Waals surface area contributed by atoms with Crippen molar-refractivity contribution >= 4 is 15.9 Å². The Bertz CT molecular complexity index is 762. The third-order valence-corrected chi connectivity index (χ3v) is 7.47. The second-order valence-corrected chi connectivity index (χ2v) is 9.07. The monoisotopic (exact) mass is 379 g/mol. The summed E-state index contributed by atoms with van der Waals surface area (Å²) in [5.41, 5.74) is 0.457. The van der Waals surface area contributed by atoms with Crippen LogP contribution in [0.3, 0.4) is 0 Å². The zero-order valence-electron chi connectivity index (χ0n) is 14.8. The van der Waals surface area contributed by atoms with Crippen molar-refractivity contribution in [2.45, 2.75) is 36.2 Å². The minimum Gasteiger partial charge on any atom is -0.379 e. The van der Waals surface area contributed by atoms with Crippen molar-refractivity contribution in [3.8, 4) is 0 Å². The highest BCUT2D eigenvalue weighted by molar-refractivity contribution is 7.89. The highest BCUT2D eigenvalue weighted by Gasteiger charge is 2.38. The molecule has 3 aliphatic rings. The van der Waals surface area contributed by atoms with E-state index in [2.05, 4.69) is 5.32 Å². The molecule has 0 spiro atoms. The molecule has 1 aromatic carbocycles. The molecular weight excluding hydrogens is 354 g/mol. The summed E-state index contributed by atoms with van der Waals surface area (Å²) in [6.07, 6.45) is 2.99. The summed E-state index contributed by atoms with van der Waals surface area (Å²) in [4.78, 5) is 15.3. The number of nitrogens with zero attached hydrogens (tertiary/aromatic N) is 2. The third-order valence-electron chi connectivity index (χ3n) is 5.58. The van der Waals surface area contributed by atoms with Crippen molar-refractivity contribution in [2.24, 2.45) is 0 Å². The molecule has 7 nitrogen and oxygen atoms in total. The molecule has 0 radical (unpaired) electrons. The van der Waals surface area contributed by atoms with E-state index in [9.17, 15) is 13.2 Å². The summed E-state index contributed by atoms with van der Waals surface area (Å²) >= 11 is 0. The van der Waals surface area contributed by atoms with Gasteiger partial charge in [-0.25, -0.2) is 8.42 Å². The Balaban J connectivity index is 1.60. The molecule has 0 aromatic heterocycles. The van der Waals surface area contributed by atoms with E-state index in [0.29, 0.717) is 31.9 Å². The number of rotatable bonds is 3. The number of carbonyl (C=O) groups is 1. The van der Waals surface area contributed by atoms with Crippen LogP contribution in [0.15, 0.2) is 29.2 Å². The van der Waals surface area contributed by atoms with E-state index >= 15 is 0 Å². The lowest BCUT2D eigenvalue weighted by molar-refractivity contribution is 0.0679. The van der Waals surface area contributed by atoms with Crippen LogP contribution in [0.2, 0.25) is 0 Å². The third kappa shape index (κ3) is 3.26. The Morgan fingerprint density at radius 3 is 2.69 bits per heavy atom. The number of fused-ring (bicyclic) bond motifs is 2. The normalized spacial score (nSPS) is 27.3. The molecule has 2 atom stereocenters. The molecule has 1 aromatic rings. The number of hydrogen-bond acceptors (Lipinski definition) is 5. The number of ether oxygens (including phenoxy) is 1. The SMILES string of the molecule is O=C(c1cccc(S(=O)(=O)N2CCOCC2)c1)N1C2CCNCC1CC2. The van der Waals surface area contributed by atoms with Crippen LogP contribution in [0.25, 0.3) is 0 Å². The van der Waals surface area contributed by atoms with E-state index in [1.807, 2.05) is 4.90 Å². The summed E-state index contributed by atoms with van der Waals surface area (Å²) in [6, 6.07) is 6.94. The summed E-state index contributed by atoms with van der Waals surface area (Å²) in [5, 5.41) is 3.39. The molecule has 3 aliphatic heterocycles. The fourth-order valence-electron chi connectivity index (χ4n) is 4.19. The van der Waals surface area contributed by atoms with Gasteiger partial charge in [-0.3, -0.25) is 4.79 Å². The van der Waals surface area contributed by atoms with Gasteiger partial charge in [-0.15, -0.1) is 0 Å². The maximum Gasteiger partial charge on any atom is 0.254 e. The highest BCUT2D eigenvalue weighted by Crippen LogP contribution is 2.30. The summed E-state index contributed by atoms with van der Waals surface area (Å²) in [7, 11) is -3.60. The number of morpholine rings is 1. The molecule has 2 bridgehead atoms. The molecule has 0 saturated carbocycles. The van der Waals surface area contributed by atoms with Gasteiger partial charge in [-0.2, -0.15) is 4.31 Å². The van der Waals surface area contributed by atoms with E-state index in [1.54, 1.807) is 18.2 Å². The number of sulfonamides is 1. The van der Waals surface area contributed by atoms with Gasteiger partial charge in [0.15, 0.2) is 0 Å². The standard InChI is InChI=1S/C18H25N3O4S/c22-18(21-15-4-5-16(21)13-19-7-6-15)14-2-1-3-17(12-14)26(23,24)20-8-10-25-11-9-20/h1-3,12,15-16,19H,4-11,13H2. The lowest BCUT2D eigenvalue weighted by Gasteiger charge is -2.28. The van der Waals surface area contributed by atoms with Gasteiger partial charge >= 0.3 is 0 Å². The predicted molar refractivity (Wildman–Crippen MR) is 96.5 cm³/mol. The molecule has 1 amide bonds. The Hall–Kier alpha value is -1.48. The van der Waals surface area contributed by atoms with Crippen molar-refractivity contribution < 1.29 is 17.9 Å². The fraction of sp³-hybridized carbons (Fsp3) is 0.611. The maximum absolute atomic E-state index is 13.1. The van der Waals surface area contributed by atoms with E-state index in [0.717, 1.165) is 32.4 Å². The Morgan fingerprint density at radius 1 is 1.12 bits per heavy atom. The van der Waals surface area contributed by atoms with Crippen LogP contribution in [0.4, 0.5) is 0 Å². The van der Waals surface area contributed by atoms with Crippen molar-refractivity contribution in [3.63, 3.8) is 0 Å². The molecular formula is C18H25N3O4S. The van der Waals surface area contributed by atoms with Gasteiger partial charge in [-0.1, -0.05) is 6.07 Å². The fourth-order valence-corrected chi connectivity index (χ4v) is 5.64. The van der Waals surface area contributed by atoms with Gasteiger partial charge in [0.1, 0.15) is 0 Å². The highest BCUT2D eigenvalue weighted by atomic mass is 32.2. The minimum absolute atomic E-state index is 0.0553. The quantitative estimate of drug-likeness (QED) is 0.835. The molecule has 3 fully saturated rings. The average molecular weight is 379 g/mol. The molecule has 1 N–H and O–H groups in total. The molecule has 4 rings (SSSR count). The van der Waals surface area contributed by atoms with E-state index < -0.39 is 10.0 Å². The molecule has 142 valence electrons. The van der Waals surface area contributed by atoms with Gasteiger partial charge in [0.25, 0.3) is 5.91 Å². The Morgan fingerprint density at radius 2 is 1.88 bits per heavy atom. The van der Waals surface area contributed by atoms with E-state index in [1.165, 1.54) is 10.4 Å². The molecule has 3 heterocycles. The first-order chi connectivity index (χ1) is 12.6. The lowest BCUT2D eigenvalue weighted by Crippen LogP contribution is -2.43. The second kappa shape index (κ2) is 7.26. The Labute approximate surface area is 154 Å². The predicted octanol–water partition coefficient (Wildman–Crippen LogP) is 0.674. The summed E-state index contributed by atoms with van der Waals surface area (Å²) < 4.78 is 32.4. The van der Waals surface area contributed by atoms with Crippen molar-refractivity contribution in [1.29, 1.82) is 0 Å². The van der Waals surface area contributed by atoms with Crippen LogP contribution in [0, 0.1) is 0 Å². The maximum atomic E-state index is 13.1. The first-order valence-electron chi connectivity index (χ1n) is 9.29. The smallest absolute Gasteiger partial charge is 0.254 e. The molecule has 8 heteroatoms. The van der Waals surface area contributed by atoms with Gasteiger partial charge in [0.2, 0.25) is 10.0 Å². The zero-order chi connectivity index (χ0) is 18.1. The topological polar surface area (TPSA) is 79.0 Å². The number of hydrogen-bond donors (Lipinski definition) is 1. The molecule has 3 saturated heterocycles. The van der Waals surface area contributed by atoms with Crippen molar-refractivity contribution in [2.75, 3.05) is 39.4 Å². The average Bonchev–Trinajstić information content (AvgIpc) is 2.94. The van der Waals surface area contributed by atoms with Crippen LogP contribution < -0.4 is 5.32 Å². The number of carbonyl (C=O) groups excluding carboxylic acids is 1. The van der Waals surface area contributed by atoms with Crippen LogP contribution in [0.5, 0.6) is 0 Å². The van der Waals surface area contributed by atoms with Crippen molar-refractivity contribution in [1.82, 2.24) is 14.5 Å². The number of nitrogens with one attached hydrogen (secondary N) is 1. The first kappa shape index (κ1) is 17.9. The van der Waals surface area contributed by atoms with Crippen molar-refractivity contribution in [3.05, 3.63) is 29.8 Å². The number of benzene rings is 1. The summed E-state index contributed by atoms with van der Waals surface area (Å²) in [5.74, 6) is -0.0553. The molecule has 0 aliphatic carbocycles. The molecule has 2 unspecified atom stereocenters. The van der Waals surface area contributed by atoms with Gasteiger partial charge in [0, 0.05) is 37.3 Å². The summed E-state index contributed by atoms with van der Waals surface area (Å²) in [6.45, 7) is 3.25. The second-order valence-electron chi connectivity index (χ2n) is 7.13. The number of amides is 1. The van der Waals surface area contributed by atoms with Crippen LogP contribution in [-0.2, 0) is 14.8 Å². The van der Waals surface area contributed by atoms with Crippen LogP contribution in [0.1, 0.15) is 29.6 Å². The largest absolute Gasteiger partial charge is 0.379 e. The van der Waals surface area contributed by atoms with Gasteiger partial charge in [-0.05, 0) is 44.0 Å². The minimum atomic E-state index is -3.60.